The number of hydrogen-bond donors (Lipinski definition) is 2. The number of hydrogen-bond acceptors (Lipinski definition) is 3. The third-order valence-electron chi connectivity index (χ3n) is 2.09. The molecule has 12 heavy (non-hydrogen) atoms. The average molecular weight is 173 g/mol. The van der Waals surface area contributed by atoms with Gasteiger partial charge >= 0.3 is 0 Å². The fourth-order valence-corrected chi connectivity index (χ4v) is 1.38. The van der Waals surface area contributed by atoms with Gasteiger partial charge < -0.3 is 4.74 Å². The molecule has 1 aliphatic rings. The van der Waals surface area contributed by atoms with Gasteiger partial charge in [-0.1, -0.05) is 0 Å². The minimum atomic E-state index is -0.329. The zero-order chi connectivity index (χ0) is 8.81. The monoisotopic (exact) mass is 173 g/mol. The number of ether oxygens (including phenoxy) is 1. The van der Waals surface area contributed by atoms with E-state index in [4.69, 9.17) is 9.94 Å². The number of carbonyl (C=O) groups excluding carboxylic acids is 1. The molecule has 1 unspecified atom stereocenters. The van der Waals surface area contributed by atoms with Gasteiger partial charge in [-0.3, -0.25) is 10.0 Å². The van der Waals surface area contributed by atoms with Crippen LogP contribution in [0, 0.1) is 0 Å². The standard InChI is InChI=1S/C8H15NO3/c10-8(9-11)5-4-7-3-1-2-6-12-7/h7,11H,1-6H2,(H,9,10). The SMILES string of the molecule is O=C(CCC1CCCCO1)NO. The molecule has 1 saturated heterocycles. The Kier molecular flexibility index (Phi) is 4.04. The van der Waals surface area contributed by atoms with Crippen molar-refractivity contribution in [2.75, 3.05) is 6.61 Å². The van der Waals surface area contributed by atoms with E-state index in [0.717, 1.165) is 19.4 Å². The van der Waals surface area contributed by atoms with Gasteiger partial charge in [-0.2, -0.15) is 0 Å². The van der Waals surface area contributed by atoms with Crippen molar-refractivity contribution >= 4 is 5.91 Å². The maximum atomic E-state index is 10.6. The summed E-state index contributed by atoms with van der Waals surface area (Å²) in [4.78, 5) is 10.6. The van der Waals surface area contributed by atoms with E-state index in [2.05, 4.69) is 0 Å². The number of nitrogens with one attached hydrogen (secondary N) is 1. The van der Waals surface area contributed by atoms with Gasteiger partial charge in [0.05, 0.1) is 6.10 Å². The van der Waals surface area contributed by atoms with Crippen LogP contribution < -0.4 is 5.48 Å². The number of rotatable bonds is 3. The Morgan fingerprint density at radius 1 is 1.58 bits per heavy atom. The predicted octanol–water partition coefficient (Wildman–Crippen LogP) is 0.841. The van der Waals surface area contributed by atoms with Crippen LogP contribution in [0.5, 0.6) is 0 Å². The van der Waals surface area contributed by atoms with Crippen molar-refractivity contribution in [3.8, 4) is 0 Å². The Labute approximate surface area is 71.9 Å². The maximum Gasteiger partial charge on any atom is 0.243 e. The lowest BCUT2D eigenvalue weighted by Gasteiger charge is -2.21. The molecule has 0 saturated carbocycles. The van der Waals surface area contributed by atoms with Crippen LogP contribution in [0.15, 0.2) is 0 Å². The first-order valence-electron chi connectivity index (χ1n) is 4.37. The normalized spacial score (nSPS) is 23.6. The lowest BCUT2D eigenvalue weighted by molar-refractivity contribution is -0.130. The molecule has 0 radical (unpaired) electrons. The molecule has 4 nitrogen and oxygen atoms in total. The van der Waals surface area contributed by atoms with E-state index < -0.39 is 0 Å². The molecule has 1 atom stereocenters. The fourth-order valence-electron chi connectivity index (χ4n) is 1.38. The van der Waals surface area contributed by atoms with Crippen LogP contribution in [0.2, 0.25) is 0 Å². The van der Waals surface area contributed by atoms with Gasteiger partial charge in [-0.05, 0) is 25.7 Å². The first-order valence-corrected chi connectivity index (χ1v) is 4.37. The van der Waals surface area contributed by atoms with Gasteiger partial charge in [-0.25, -0.2) is 5.48 Å². The molecule has 1 aliphatic heterocycles. The molecule has 0 spiro atoms. The van der Waals surface area contributed by atoms with Crippen LogP contribution in [0.3, 0.4) is 0 Å². The van der Waals surface area contributed by atoms with Gasteiger partial charge in [0, 0.05) is 13.0 Å². The summed E-state index contributed by atoms with van der Waals surface area (Å²) in [6.45, 7) is 0.811. The Bertz CT molecular complexity index is 143. The highest BCUT2D eigenvalue weighted by Crippen LogP contribution is 2.16. The zero-order valence-electron chi connectivity index (χ0n) is 7.08. The molecule has 1 rings (SSSR count). The highest BCUT2D eigenvalue weighted by molar-refractivity contribution is 5.74. The zero-order valence-corrected chi connectivity index (χ0v) is 7.08. The van der Waals surface area contributed by atoms with Gasteiger partial charge in [0.1, 0.15) is 0 Å². The molecule has 2 N–H and O–H groups in total. The van der Waals surface area contributed by atoms with Crippen LogP contribution in [0.4, 0.5) is 0 Å². The molecular formula is C8H15NO3. The topological polar surface area (TPSA) is 58.6 Å². The highest BCUT2D eigenvalue weighted by atomic mass is 16.5. The second-order valence-electron chi connectivity index (χ2n) is 3.06. The number of amides is 1. The van der Waals surface area contributed by atoms with E-state index in [1.165, 1.54) is 6.42 Å². The van der Waals surface area contributed by atoms with Gasteiger partial charge in [0.25, 0.3) is 0 Å². The highest BCUT2D eigenvalue weighted by Gasteiger charge is 2.14. The van der Waals surface area contributed by atoms with Crippen molar-refractivity contribution in [3.63, 3.8) is 0 Å². The molecule has 4 heteroatoms. The second kappa shape index (κ2) is 5.11. The van der Waals surface area contributed by atoms with Crippen LogP contribution in [-0.2, 0) is 9.53 Å². The molecule has 1 amide bonds. The third-order valence-corrected chi connectivity index (χ3v) is 2.09. The Balaban J connectivity index is 2.09. The van der Waals surface area contributed by atoms with Crippen LogP contribution >= 0.6 is 0 Å². The average Bonchev–Trinajstić information content (AvgIpc) is 2.16. The molecule has 0 aromatic rings. The van der Waals surface area contributed by atoms with Gasteiger partial charge in [-0.15, -0.1) is 0 Å². The minimum Gasteiger partial charge on any atom is -0.378 e. The predicted molar refractivity (Wildman–Crippen MR) is 42.8 cm³/mol. The summed E-state index contributed by atoms with van der Waals surface area (Å²) in [5.41, 5.74) is 1.61. The second-order valence-corrected chi connectivity index (χ2v) is 3.06. The summed E-state index contributed by atoms with van der Waals surface area (Å²) >= 11 is 0. The summed E-state index contributed by atoms with van der Waals surface area (Å²) < 4.78 is 5.41. The van der Waals surface area contributed by atoms with Gasteiger partial charge in [0.2, 0.25) is 5.91 Å². The number of hydroxylamine groups is 1. The fraction of sp³-hybridized carbons (Fsp3) is 0.875. The Morgan fingerprint density at radius 2 is 2.42 bits per heavy atom. The van der Waals surface area contributed by atoms with Crippen LogP contribution in [0.25, 0.3) is 0 Å². The molecule has 0 aromatic heterocycles. The Morgan fingerprint density at radius 3 is 3.00 bits per heavy atom. The lowest BCUT2D eigenvalue weighted by Crippen LogP contribution is -2.24. The largest absolute Gasteiger partial charge is 0.378 e. The quantitative estimate of drug-likeness (QED) is 0.491. The smallest absolute Gasteiger partial charge is 0.243 e. The molecule has 0 bridgehead atoms. The van der Waals surface area contributed by atoms with E-state index in [9.17, 15) is 4.79 Å². The van der Waals surface area contributed by atoms with Crippen molar-refractivity contribution in [2.45, 2.75) is 38.2 Å². The lowest BCUT2D eigenvalue weighted by atomic mass is 10.0. The van der Waals surface area contributed by atoms with Crippen molar-refractivity contribution in [1.82, 2.24) is 5.48 Å². The van der Waals surface area contributed by atoms with Crippen LogP contribution in [0.1, 0.15) is 32.1 Å². The van der Waals surface area contributed by atoms with Gasteiger partial charge in [0.15, 0.2) is 0 Å². The molecule has 1 fully saturated rings. The number of carbonyl (C=O) groups is 1. The molecule has 1 heterocycles. The van der Waals surface area contributed by atoms with E-state index in [-0.39, 0.29) is 12.0 Å². The maximum absolute atomic E-state index is 10.6. The van der Waals surface area contributed by atoms with E-state index in [0.29, 0.717) is 12.8 Å². The molecule has 70 valence electrons. The van der Waals surface area contributed by atoms with Crippen molar-refractivity contribution in [3.05, 3.63) is 0 Å². The minimum absolute atomic E-state index is 0.219. The van der Waals surface area contributed by atoms with E-state index in [1.807, 2.05) is 0 Å². The summed E-state index contributed by atoms with van der Waals surface area (Å²) in [6.07, 6.45) is 4.64. The molecular weight excluding hydrogens is 158 g/mol. The van der Waals surface area contributed by atoms with Crippen molar-refractivity contribution in [1.29, 1.82) is 0 Å². The van der Waals surface area contributed by atoms with Crippen molar-refractivity contribution in [2.24, 2.45) is 0 Å². The first-order chi connectivity index (χ1) is 5.83. The third kappa shape index (κ3) is 3.19. The summed E-state index contributed by atoms with van der Waals surface area (Å²) in [7, 11) is 0. The van der Waals surface area contributed by atoms with E-state index >= 15 is 0 Å². The summed E-state index contributed by atoms with van der Waals surface area (Å²) in [6, 6.07) is 0. The Hall–Kier alpha value is -0.610. The molecule has 0 aliphatic carbocycles. The summed E-state index contributed by atoms with van der Waals surface area (Å²) in [5.74, 6) is -0.329. The molecule has 0 aromatic carbocycles. The van der Waals surface area contributed by atoms with Crippen LogP contribution in [-0.4, -0.2) is 23.8 Å². The van der Waals surface area contributed by atoms with E-state index in [1.54, 1.807) is 5.48 Å². The summed E-state index contributed by atoms with van der Waals surface area (Å²) in [5, 5.41) is 8.22. The van der Waals surface area contributed by atoms with Crippen molar-refractivity contribution < 1.29 is 14.7 Å². The first kappa shape index (κ1) is 9.48.